The zero-order chi connectivity index (χ0) is 10.0. The molecule has 1 atom stereocenters. The first-order chi connectivity index (χ1) is 6.76. The van der Waals surface area contributed by atoms with E-state index in [2.05, 4.69) is 24.1 Å². The van der Waals surface area contributed by atoms with E-state index in [1.807, 2.05) is 22.9 Å². The number of aldehydes is 1. The van der Waals surface area contributed by atoms with Crippen LogP contribution in [0.15, 0.2) is 36.7 Å². The summed E-state index contributed by atoms with van der Waals surface area (Å²) in [6.07, 6.45) is 13.4. The molecule has 0 aliphatic heterocycles. The van der Waals surface area contributed by atoms with E-state index in [-0.39, 0.29) is 5.54 Å². The van der Waals surface area contributed by atoms with Crippen LogP contribution in [0.4, 0.5) is 0 Å². The quantitative estimate of drug-likeness (QED) is 0.665. The first-order valence-corrected chi connectivity index (χ1v) is 4.60. The summed E-state index contributed by atoms with van der Waals surface area (Å²) in [6, 6.07) is 0. The summed E-state index contributed by atoms with van der Waals surface area (Å²) in [5.41, 5.74) is -0.151. The van der Waals surface area contributed by atoms with Gasteiger partial charge in [-0.3, -0.25) is 4.79 Å². The van der Waals surface area contributed by atoms with Gasteiger partial charge < -0.3 is 4.57 Å². The Morgan fingerprint density at radius 2 is 2.43 bits per heavy atom. The zero-order valence-corrected chi connectivity index (χ0v) is 8.05. The number of allylic oxidation sites excluding steroid dienone is 4. The second kappa shape index (κ2) is 3.25. The van der Waals surface area contributed by atoms with Crippen LogP contribution in [0.3, 0.4) is 0 Å². The maximum Gasteiger partial charge on any atom is 0.185 e. The van der Waals surface area contributed by atoms with E-state index >= 15 is 0 Å². The Hall–Kier alpha value is -1.64. The van der Waals surface area contributed by atoms with Gasteiger partial charge in [0, 0.05) is 12.4 Å². The molecule has 1 unspecified atom stereocenters. The van der Waals surface area contributed by atoms with Crippen LogP contribution >= 0.6 is 0 Å². The molecule has 72 valence electrons. The first kappa shape index (κ1) is 8.94. The minimum absolute atomic E-state index is 0.151. The van der Waals surface area contributed by atoms with Gasteiger partial charge in [-0.2, -0.15) is 0 Å². The van der Waals surface area contributed by atoms with Crippen molar-refractivity contribution in [3.63, 3.8) is 0 Å². The molecule has 0 N–H and O–H groups in total. The van der Waals surface area contributed by atoms with Crippen LogP contribution < -0.4 is 0 Å². The summed E-state index contributed by atoms with van der Waals surface area (Å²) < 4.78 is 1.90. The lowest BCUT2D eigenvalue weighted by Crippen LogP contribution is -2.29. The molecular weight excluding hydrogens is 176 g/mol. The average molecular weight is 188 g/mol. The summed E-state index contributed by atoms with van der Waals surface area (Å²) in [6.45, 7) is 2.08. The highest BCUT2D eigenvalue weighted by Crippen LogP contribution is 2.26. The number of nitrogens with zero attached hydrogens (tertiary/aromatic N) is 2. The maximum absolute atomic E-state index is 10.7. The van der Waals surface area contributed by atoms with E-state index in [0.29, 0.717) is 5.82 Å². The predicted octanol–water partition coefficient (Wildman–Crippen LogP) is 1.93. The van der Waals surface area contributed by atoms with Crippen molar-refractivity contribution >= 4 is 6.29 Å². The highest BCUT2D eigenvalue weighted by Gasteiger charge is 2.24. The lowest BCUT2D eigenvalue weighted by atomic mass is 9.93. The van der Waals surface area contributed by atoms with E-state index in [4.69, 9.17) is 0 Å². The molecule has 0 spiro atoms. The van der Waals surface area contributed by atoms with Crippen LogP contribution in [0.25, 0.3) is 0 Å². The SMILES string of the molecule is CC1(n2ccnc2C=O)C=CC=CC1. The lowest BCUT2D eigenvalue weighted by molar-refractivity contribution is 0.110. The Kier molecular flexibility index (Phi) is 2.08. The second-order valence-corrected chi connectivity index (χ2v) is 3.62. The molecule has 1 aromatic heterocycles. The third-order valence-electron chi connectivity index (χ3n) is 2.56. The van der Waals surface area contributed by atoms with Crippen molar-refractivity contribution < 1.29 is 4.79 Å². The number of carbonyl (C=O) groups excluding carboxylic acids is 1. The normalized spacial score (nSPS) is 25.2. The maximum atomic E-state index is 10.7. The highest BCUT2D eigenvalue weighted by atomic mass is 16.1. The molecule has 1 aliphatic carbocycles. The van der Waals surface area contributed by atoms with E-state index in [0.717, 1.165) is 12.7 Å². The molecule has 1 aliphatic rings. The summed E-state index contributed by atoms with van der Waals surface area (Å²) >= 11 is 0. The van der Waals surface area contributed by atoms with Gasteiger partial charge in [-0.05, 0) is 13.3 Å². The van der Waals surface area contributed by atoms with Gasteiger partial charge in [-0.1, -0.05) is 24.3 Å². The number of imidazole rings is 1. The molecule has 0 aromatic carbocycles. The summed E-state index contributed by atoms with van der Waals surface area (Å²) in [5.74, 6) is 0.479. The van der Waals surface area contributed by atoms with E-state index < -0.39 is 0 Å². The fraction of sp³-hybridized carbons (Fsp3) is 0.273. The van der Waals surface area contributed by atoms with Crippen molar-refractivity contribution in [1.82, 2.24) is 9.55 Å². The van der Waals surface area contributed by atoms with Crippen molar-refractivity contribution in [2.75, 3.05) is 0 Å². The predicted molar refractivity (Wildman–Crippen MR) is 54.2 cm³/mol. The third-order valence-corrected chi connectivity index (χ3v) is 2.56. The van der Waals surface area contributed by atoms with Crippen molar-refractivity contribution in [1.29, 1.82) is 0 Å². The molecule has 14 heavy (non-hydrogen) atoms. The second-order valence-electron chi connectivity index (χ2n) is 3.62. The van der Waals surface area contributed by atoms with Gasteiger partial charge in [0.1, 0.15) is 0 Å². The largest absolute Gasteiger partial charge is 0.319 e. The Morgan fingerprint density at radius 1 is 1.57 bits per heavy atom. The van der Waals surface area contributed by atoms with Crippen LogP contribution in [-0.2, 0) is 5.54 Å². The van der Waals surface area contributed by atoms with E-state index in [1.54, 1.807) is 6.20 Å². The molecule has 3 nitrogen and oxygen atoms in total. The van der Waals surface area contributed by atoms with Crippen LogP contribution in [0, 0.1) is 0 Å². The van der Waals surface area contributed by atoms with Crippen molar-refractivity contribution in [3.8, 4) is 0 Å². The highest BCUT2D eigenvalue weighted by molar-refractivity contribution is 5.69. The van der Waals surface area contributed by atoms with Crippen LogP contribution in [0.2, 0.25) is 0 Å². The summed E-state index contributed by atoms with van der Waals surface area (Å²) in [7, 11) is 0. The number of aromatic nitrogens is 2. The summed E-state index contributed by atoms with van der Waals surface area (Å²) in [4.78, 5) is 14.7. The van der Waals surface area contributed by atoms with Crippen LogP contribution in [-0.4, -0.2) is 15.8 Å². The molecule has 2 rings (SSSR count). The van der Waals surface area contributed by atoms with Gasteiger partial charge >= 0.3 is 0 Å². The Labute approximate surface area is 82.8 Å². The molecule has 0 bridgehead atoms. The van der Waals surface area contributed by atoms with Gasteiger partial charge in [0.05, 0.1) is 5.54 Å². The number of hydrogen-bond donors (Lipinski definition) is 0. The third kappa shape index (κ3) is 1.31. The van der Waals surface area contributed by atoms with Gasteiger partial charge in [-0.15, -0.1) is 0 Å². The smallest absolute Gasteiger partial charge is 0.185 e. The molecule has 0 radical (unpaired) electrons. The monoisotopic (exact) mass is 188 g/mol. The molecule has 0 fully saturated rings. The lowest BCUT2D eigenvalue weighted by Gasteiger charge is -2.29. The zero-order valence-electron chi connectivity index (χ0n) is 8.05. The minimum Gasteiger partial charge on any atom is -0.319 e. The Balaban J connectivity index is 2.43. The van der Waals surface area contributed by atoms with Crippen molar-refractivity contribution in [2.45, 2.75) is 18.9 Å². The minimum atomic E-state index is -0.151. The first-order valence-electron chi connectivity index (χ1n) is 4.60. The number of carbonyl (C=O) groups is 1. The number of hydrogen-bond acceptors (Lipinski definition) is 2. The van der Waals surface area contributed by atoms with Crippen molar-refractivity contribution in [3.05, 3.63) is 42.5 Å². The molecule has 0 amide bonds. The topological polar surface area (TPSA) is 34.9 Å². The molecular formula is C11H12N2O. The molecule has 3 heteroatoms. The fourth-order valence-corrected chi connectivity index (χ4v) is 1.73. The summed E-state index contributed by atoms with van der Waals surface area (Å²) in [5, 5.41) is 0. The van der Waals surface area contributed by atoms with Gasteiger partial charge in [-0.25, -0.2) is 4.98 Å². The van der Waals surface area contributed by atoms with Crippen molar-refractivity contribution in [2.24, 2.45) is 0 Å². The average Bonchev–Trinajstić information content (AvgIpc) is 2.67. The molecule has 0 saturated heterocycles. The van der Waals surface area contributed by atoms with Crippen LogP contribution in [0.1, 0.15) is 24.0 Å². The standard InChI is InChI=1S/C11H12N2O/c1-11(5-3-2-4-6-11)13-8-7-12-10(13)9-14/h2-5,7-9H,6H2,1H3. The number of rotatable bonds is 2. The Morgan fingerprint density at radius 3 is 3.07 bits per heavy atom. The van der Waals surface area contributed by atoms with Gasteiger partial charge in [0.25, 0.3) is 0 Å². The molecule has 1 aromatic rings. The Bertz CT molecular complexity index is 403. The van der Waals surface area contributed by atoms with Gasteiger partial charge in [0.15, 0.2) is 12.1 Å². The van der Waals surface area contributed by atoms with E-state index in [9.17, 15) is 4.79 Å². The fourth-order valence-electron chi connectivity index (χ4n) is 1.73. The molecule has 0 saturated carbocycles. The van der Waals surface area contributed by atoms with E-state index in [1.165, 1.54) is 0 Å². The molecule has 1 heterocycles. The van der Waals surface area contributed by atoms with Crippen LogP contribution in [0.5, 0.6) is 0 Å². The van der Waals surface area contributed by atoms with Gasteiger partial charge in [0.2, 0.25) is 0 Å².